The van der Waals surface area contributed by atoms with Crippen LogP contribution < -0.4 is 5.73 Å². The van der Waals surface area contributed by atoms with Gasteiger partial charge in [-0.3, -0.25) is 0 Å². The van der Waals surface area contributed by atoms with Crippen molar-refractivity contribution < 1.29 is 0 Å². The van der Waals surface area contributed by atoms with E-state index in [2.05, 4.69) is 36.4 Å². The summed E-state index contributed by atoms with van der Waals surface area (Å²) in [6.07, 6.45) is 2.13. The van der Waals surface area contributed by atoms with E-state index in [0.717, 1.165) is 23.4 Å². The number of hydrogen-bond acceptors (Lipinski definition) is 2. The van der Waals surface area contributed by atoms with E-state index >= 15 is 0 Å². The monoisotopic (exact) mass is 206 g/mol. The molecule has 1 heterocycles. The Balaban J connectivity index is 2.82. The van der Waals surface area contributed by atoms with Gasteiger partial charge >= 0.3 is 0 Å². The summed E-state index contributed by atoms with van der Waals surface area (Å²) < 4.78 is 2.21. The van der Waals surface area contributed by atoms with Crippen molar-refractivity contribution in [2.24, 2.45) is 0 Å². The third-order valence-corrected chi connectivity index (χ3v) is 2.87. The number of anilines is 1. The highest BCUT2D eigenvalue weighted by atomic mass is 32.1. The highest BCUT2D eigenvalue weighted by Gasteiger charge is 2.08. The lowest BCUT2D eigenvalue weighted by molar-refractivity contribution is 0.795. The first-order valence-corrected chi connectivity index (χ1v) is 5.38. The number of rotatable bonds is 2. The molecular formula is C11H14N2S. The molecule has 2 N–H and O–H groups in total. The van der Waals surface area contributed by atoms with Gasteiger partial charge in [-0.1, -0.05) is 6.07 Å². The average molecular weight is 206 g/mol. The predicted octanol–water partition coefficient (Wildman–Crippen LogP) is 2.67. The second kappa shape index (κ2) is 3.58. The van der Waals surface area contributed by atoms with Crippen LogP contribution in [0.5, 0.6) is 0 Å². The zero-order valence-electron chi connectivity index (χ0n) is 8.20. The second-order valence-corrected chi connectivity index (χ2v) is 3.66. The highest BCUT2D eigenvalue weighted by molar-refractivity contribution is 7.79. The molecule has 3 heteroatoms. The van der Waals surface area contributed by atoms with Crippen LogP contribution in [0.3, 0.4) is 0 Å². The molecule has 0 amide bonds. The largest absolute Gasteiger partial charge is 0.398 e. The highest BCUT2D eigenvalue weighted by Crippen LogP contribution is 2.27. The molecule has 1 aromatic carbocycles. The molecule has 0 fully saturated rings. The fourth-order valence-electron chi connectivity index (χ4n) is 1.85. The Morgan fingerprint density at radius 3 is 2.86 bits per heavy atom. The summed E-state index contributed by atoms with van der Waals surface area (Å²) >= 11 is 4.32. The summed E-state index contributed by atoms with van der Waals surface area (Å²) in [4.78, 5) is 0. The normalized spacial score (nSPS) is 11.0. The van der Waals surface area contributed by atoms with Crippen LogP contribution in [0.15, 0.2) is 24.4 Å². The minimum absolute atomic E-state index is 0.734. The standard InChI is InChI=1S/C11H14N2S/c1-2-13-6-8(7-14)11-9(12)4-3-5-10(11)13/h3-6,14H,2,7,12H2,1H3. The van der Waals surface area contributed by atoms with Crippen LogP contribution in [0.25, 0.3) is 10.9 Å². The fourth-order valence-corrected chi connectivity index (χ4v) is 2.09. The van der Waals surface area contributed by atoms with Crippen LogP contribution in [0, 0.1) is 0 Å². The van der Waals surface area contributed by atoms with E-state index in [1.54, 1.807) is 0 Å². The van der Waals surface area contributed by atoms with Crippen LogP contribution in [-0.4, -0.2) is 4.57 Å². The van der Waals surface area contributed by atoms with Gasteiger partial charge in [-0.2, -0.15) is 12.6 Å². The molecular weight excluding hydrogens is 192 g/mol. The number of aromatic nitrogens is 1. The fraction of sp³-hybridized carbons (Fsp3) is 0.273. The summed E-state index contributed by atoms with van der Waals surface area (Å²) in [5.41, 5.74) is 9.22. The van der Waals surface area contributed by atoms with Gasteiger partial charge < -0.3 is 10.3 Å². The maximum absolute atomic E-state index is 5.95. The van der Waals surface area contributed by atoms with Crippen molar-refractivity contribution in [3.63, 3.8) is 0 Å². The molecule has 0 unspecified atom stereocenters. The lowest BCUT2D eigenvalue weighted by atomic mass is 10.1. The Bertz CT molecular complexity index is 460. The third kappa shape index (κ3) is 1.28. The smallest absolute Gasteiger partial charge is 0.0504 e. The summed E-state index contributed by atoms with van der Waals surface area (Å²) in [6, 6.07) is 6.03. The number of thiol groups is 1. The van der Waals surface area contributed by atoms with Gasteiger partial charge in [0.2, 0.25) is 0 Å². The molecule has 2 rings (SSSR count). The zero-order chi connectivity index (χ0) is 10.1. The number of nitrogen functional groups attached to an aromatic ring is 1. The zero-order valence-corrected chi connectivity index (χ0v) is 9.09. The maximum Gasteiger partial charge on any atom is 0.0504 e. The minimum Gasteiger partial charge on any atom is -0.398 e. The van der Waals surface area contributed by atoms with Crippen LogP contribution in [0.1, 0.15) is 12.5 Å². The van der Waals surface area contributed by atoms with Crippen molar-refractivity contribution in [3.8, 4) is 0 Å². The van der Waals surface area contributed by atoms with E-state index in [1.807, 2.05) is 12.1 Å². The lowest BCUT2D eigenvalue weighted by Crippen LogP contribution is -1.91. The van der Waals surface area contributed by atoms with E-state index in [9.17, 15) is 0 Å². The molecule has 0 aliphatic rings. The van der Waals surface area contributed by atoms with E-state index < -0.39 is 0 Å². The van der Waals surface area contributed by atoms with E-state index in [4.69, 9.17) is 5.73 Å². The molecule has 2 nitrogen and oxygen atoms in total. The Kier molecular flexibility index (Phi) is 2.42. The number of nitrogens with zero attached hydrogens (tertiary/aromatic N) is 1. The van der Waals surface area contributed by atoms with Crippen molar-refractivity contribution in [1.29, 1.82) is 0 Å². The number of hydrogen-bond donors (Lipinski definition) is 2. The molecule has 0 saturated carbocycles. The molecule has 0 aliphatic carbocycles. The number of fused-ring (bicyclic) bond motifs is 1. The molecule has 0 saturated heterocycles. The van der Waals surface area contributed by atoms with Crippen molar-refractivity contribution in [2.45, 2.75) is 19.2 Å². The van der Waals surface area contributed by atoms with Crippen LogP contribution in [0.2, 0.25) is 0 Å². The van der Waals surface area contributed by atoms with Gasteiger partial charge in [-0.25, -0.2) is 0 Å². The first kappa shape index (κ1) is 9.46. The van der Waals surface area contributed by atoms with Crippen molar-refractivity contribution in [3.05, 3.63) is 30.0 Å². The molecule has 1 aromatic heterocycles. The quantitative estimate of drug-likeness (QED) is 0.574. The number of nitrogens with two attached hydrogens (primary N) is 1. The van der Waals surface area contributed by atoms with Crippen LogP contribution in [-0.2, 0) is 12.3 Å². The predicted molar refractivity (Wildman–Crippen MR) is 64.7 cm³/mol. The summed E-state index contributed by atoms with van der Waals surface area (Å²) in [5, 5.41) is 1.16. The van der Waals surface area contributed by atoms with E-state index in [1.165, 1.54) is 11.1 Å². The van der Waals surface area contributed by atoms with Crippen molar-refractivity contribution in [1.82, 2.24) is 4.57 Å². The van der Waals surface area contributed by atoms with Crippen LogP contribution in [0.4, 0.5) is 5.69 Å². The third-order valence-electron chi connectivity index (χ3n) is 2.53. The number of benzene rings is 1. The molecule has 0 radical (unpaired) electrons. The molecule has 14 heavy (non-hydrogen) atoms. The molecule has 0 spiro atoms. The minimum atomic E-state index is 0.734. The van der Waals surface area contributed by atoms with Gasteiger partial charge in [0.1, 0.15) is 0 Å². The van der Waals surface area contributed by atoms with Crippen molar-refractivity contribution >= 4 is 29.2 Å². The van der Waals surface area contributed by atoms with Crippen LogP contribution >= 0.6 is 12.6 Å². The van der Waals surface area contributed by atoms with E-state index in [-0.39, 0.29) is 0 Å². The van der Waals surface area contributed by atoms with Gasteiger partial charge in [0.15, 0.2) is 0 Å². The summed E-state index contributed by atoms with van der Waals surface area (Å²) in [6.45, 7) is 3.10. The topological polar surface area (TPSA) is 30.9 Å². The molecule has 74 valence electrons. The van der Waals surface area contributed by atoms with Gasteiger partial charge in [0, 0.05) is 29.6 Å². The van der Waals surface area contributed by atoms with Crippen molar-refractivity contribution in [2.75, 3.05) is 5.73 Å². The second-order valence-electron chi connectivity index (χ2n) is 3.34. The Morgan fingerprint density at radius 2 is 2.21 bits per heavy atom. The first-order chi connectivity index (χ1) is 6.77. The SMILES string of the molecule is CCn1cc(CS)c2c(N)cccc21. The Morgan fingerprint density at radius 1 is 1.43 bits per heavy atom. The molecule has 2 aromatic rings. The Hall–Kier alpha value is -1.09. The summed E-state index contributed by atoms with van der Waals surface area (Å²) in [7, 11) is 0. The molecule has 0 atom stereocenters. The molecule has 0 aliphatic heterocycles. The number of aryl methyl sites for hydroxylation is 1. The van der Waals surface area contributed by atoms with Gasteiger partial charge in [-0.15, -0.1) is 0 Å². The van der Waals surface area contributed by atoms with Gasteiger partial charge in [-0.05, 0) is 24.6 Å². The maximum atomic E-state index is 5.95. The van der Waals surface area contributed by atoms with Gasteiger partial charge in [0.05, 0.1) is 5.52 Å². The Labute approximate surface area is 89.1 Å². The average Bonchev–Trinajstić information content (AvgIpc) is 2.57. The van der Waals surface area contributed by atoms with Gasteiger partial charge in [0.25, 0.3) is 0 Å². The summed E-state index contributed by atoms with van der Waals surface area (Å²) in [5.74, 6) is 0.734. The molecule has 0 bridgehead atoms. The lowest BCUT2D eigenvalue weighted by Gasteiger charge is -2.01. The van der Waals surface area contributed by atoms with E-state index in [0.29, 0.717) is 0 Å². The first-order valence-electron chi connectivity index (χ1n) is 4.75.